The zero-order valence-corrected chi connectivity index (χ0v) is 18.2. The van der Waals surface area contributed by atoms with Crippen molar-refractivity contribution in [3.8, 4) is 22.6 Å². The summed E-state index contributed by atoms with van der Waals surface area (Å²) < 4.78 is 34.6. The van der Waals surface area contributed by atoms with Crippen molar-refractivity contribution in [3.05, 3.63) is 88.9 Å². The standard InChI is InChI=1S/C25H22F2N2O4/c1-4-19(30)11-15-10-16(14-29(3)25(15)32)20-13-18(28-24(31)5-2)7-9-22(20)33-23-8-6-17(26)12-21(23)27/h5-10,12-14H,2,4,11H2,1,3H3,(H,28,31). The Labute approximate surface area is 189 Å². The maximum atomic E-state index is 14.2. The van der Waals surface area contributed by atoms with Crippen LogP contribution in [0.4, 0.5) is 14.5 Å². The number of anilines is 1. The van der Waals surface area contributed by atoms with Gasteiger partial charge in [0.25, 0.3) is 5.56 Å². The molecule has 0 radical (unpaired) electrons. The zero-order chi connectivity index (χ0) is 24.1. The molecule has 33 heavy (non-hydrogen) atoms. The van der Waals surface area contributed by atoms with Gasteiger partial charge in [-0.05, 0) is 42.5 Å². The first-order valence-electron chi connectivity index (χ1n) is 10.1. The molecule has 6 nitrogen and oxygen atoms in total. The van der Waals surface area contributed by atoms with Crippen LogP contribution in [0.5, 0.6) is 11.5 Å². The molecule has 0 saturated heterocycles. The van der Waals surface area contributed by atoms with Gasteiger partial charge in [0.2, 0.25) is 5.91 Å². The number of ether oxygens (including phenoxy) is 1. The van der Waals surface area contributed by atoms with Crippen LogP contribution in [0.25, 0.3) is 11.1 Å². The summed E-state index contributed by atoms with van der Waals surface area (Å²) in [6.45, 7) is 5.13. The number of aromatic nitrogens is 1. The molecule has 0 fully saturated rings. The molecule has 2 aromatic carbocycles. The van der Waals surface area contributed by atoms with E-state index in [4.69, 9.17) is 4.74 Å². The van der Waals surface area contributed by atoms with Crippen molar-refractivity contribution in [2.45, 2.75) is 19.8 Å². The van der Waals surface area contributed by atoms with E-state index in [9.17, 15) is 23.2 Å². The number of carbonyl (C=O) groups excluding carboxylic acids is 2. The van der Waals surface area contributed by atoms with Crippen LogP contribution >= 0.6 is 0 Å². The SMILES string of the molecule is C=CC(=O)Nc1ccc(Oc2ccc(F)cc2F)c(-c2cc(CC(=O)CC)c(=O)n(C)c2)c1. The highest BCUT2D eigenvalue weighted by Gasteiger charge is 2.16. The number of nitrogens with zero attached hydrogens (tertiary/aromatic N) is 1. The Morgan fingerprint density at radius 3 is 2.52 bits per heavy atom. The van der Waals surface area contributed by atoms with Crippen LogP contribution in [0, 0.1) is 11.6 Å². The average Bonchev–Trinajstić information content (AvgIpc) is 2.79. The summed E-state index contributed by atoms with van der Waals surface area (Å²) in [5, 5.41) is 2.63. The molecule has 3 rings (SSSR count). The summed E-state index contributed by atoms with van der Waals surface area (Å²) in [6, 6.07) is 9.14. The summed E-state index contributed by atoms with van der Waals surface area (Å²) in [7, 11) is 1.55. The predicted octanol–water partition coefficient (Wildman–Crippen LogP) is 4.77. The Balaban J connectivity index is 2.15. The van der Waals surface area contributed by atoms with Gasteiger partial charge in [-0.1, -0.05) is 13.5 Å². The van der Waals surface area contributed by atoms with Crippen molar-refractivity contribution in [3.63, 3.8) is 0 Å². The van der Waals surface area contributed by atoms with Gasteiger partial charge in [-0.2, -0.15) is 0 Å². The molecular weight excluding hydrogens is 430 g/mol. The largest absolute Gasteiger partial charge is 0.454 e. The third-order valence-corrected chi connectivity index (χ3v) is 4.90. The van der Waals surface area contributed by atoms with Crippen LogP contribution in [-0.4, -0.2) is 16.3 Å². The van der Waals surface area contributed by atoms with E-state index < -0.39 is 17.5 Å². The molecule has 8 heteroatoms. The first-order chi connectivity index (χ1) is 15.7. The lowest BCUT2D eigenvalue weighted by Gasteiger charge is -2.15. The van der Waals surface area contributed by atoms with Gasteiger partial charge in [-0.15, -0.1) is 0 Å². The molecule has 0 unspecified atom stereocenters. The average molecular weight is 452 g/mol. The molecular formula is C25H22F2N2O4. The van der Waals surface area contributed by atoms with Gasteiger partial charge in [0, 0.05) is 54.5 Å². The van der Waals surface area contributed by atoms with Crippen molar-refractivity contribution in [2.75, 3.05) is 5.32 Å². The molecule has 0 aliphatic heterocycles. The van der Waals surface area contributed by atoms with Gasteiger partial charge in [-0.3, -0.25) is 14.4 Å². The number of hydrogen-bond donors (Lipinski definition) is 1. The lowest BCUT2D eigenvalue weighted by atomic mass is 10.0. The van der Waals surface area contributed by atoms with Crippen LogP contribution in [0.2, 0.25) is 0 Å². The molecule has 1 aromatic heterocycles. The number of hydrogen-bond acceptors (Lipinski definition) is 4. The number of benzene rings is 2. The molecule has 1 N–H and O–H groups in total. The van der Waals surface area contributed by atoms with E-state index >= 15 is 0 Å². The molecule has 0 bridgehead atoms. The molecule has 0 saturated carbocycles. The number of rotatable bonds is 8. The normalized spacial score (nSPS) is 10.5. The molecule has 3 aromatic rings. The minimum atomic E-state index is -0.889. The second-order valence-corrected chi connectivity index (χ2v) is 7.32. The quantitative estimate of drug-likeness (QED) is 0.500. The lowest BCUT2D eigenvalue weighted by molar-refractivity contribution is -0.118. The number of aryl methyl sites for hydroxylation is 1. The fraction of sp³-hybridized carbons (Fsp3) is 0.160. The van der Waals surface area contributed by atoms with Crippen molar-refractivity contribution in [1.29, 1.82) is 0 Å². The van der Waals surface area contributed by atoms with Crippen LogP contribution in [0.15, 0.2) is 66.1 Å². The first kappa shape index (κ1) is 23.6. The monoisotopic (exact) mass is 452 g/mol. The molecule has 0 atom stereocenters. The van der Waals surface area contributed by atoms with E-state index in [1.165, 1.54) is 10.6 Å². The maximum Gasteiger partial charge on any atom is 0.253 e. The first-order valence-corrected chi connectivity index (χ1v) is 10.1. The Bertz CT molecular complexity index is 1300. The minimum Gasteiger partial charge on any atom is -0.454 e. The van der Waals surface area contributed by atoms with E-state index in [2.05, 4.69) is 11.9 Å². The van der Waals surface area contributed by atoms with Gasteiger partial charge in [0.1, 0.15) is 17.3 Å². The van der Waals surface area contributed by atoms with E-state index in [-0.39, 0.29) is 35.7 Å². The summed E-state index contributed by atoms with van der Waals surface area (Å²) in [4.78, 5) is 36.3. The van der Waals surface area contributed by atoms with Crippen LogP contribution in [-0.2, 0) is 23.1 Å². The van der Waals surface area contributed by atoms with E-state index in [0.717, 1.165) is 18.2 Å². The topological polar surface area (TPSA) is 77.4 Å². The minimum absolute atomic E-state index is 0.0350. The zero-order valence-electron chi connectivity index (χ0n) is 18.2. The van der Waals surface area contributed by atoms with Crippen molar-refractivity contribution >= 4 is 17.4 Å². The summed E-state index contributed by atoms with van der Waals surface area (Å²) >= 11 is 0. The van der Waals surface area contributed by atoms with E-state index in [1.54, 1.807) is 38.4 Å². The summed E-state index contributed by atoms with van der Waals surface area (Å²) in [5.41, 5.74) is 1.30. The second-order valence-electron chi connectivity index (χ2n) is 7.32. The fourth-order valence-corrected chi connectivity index (χ4v) is 3.18. The second kappa shape index (κ2) is 10.0. The van der Waals surface area contributed by atoms with Crippen LogP contribution in [0.1, 0.15) is 18.9 Å². The van der Waals surface area contributed by atoms with Crippen LogP contribution < -0.4 is 15.6 Å². The Morgan fingerprint density at radius 1 is 1.12 bits per heavy atom. The molecule has 0 aliphatic carbocycles. The third kappa shape index (κ3) is 5.60. The van der Waals surface area contributed by atoms with Gasteiger partial charge in [0.05, 0.1) is 0 Å². The third-order valence-electron chi connectivity index (χ3n) is 4.90. The van der Waals surface area contributed by atoms with Gasteiger partial charge in [0.15, 0.2) is 11.6 Å². The molecule has 170 valence electrons. The highest BCUT2D eigenvalue weighted by atomic mass is 19.1. The van der Waals surface area contributed by atoms with E-state index in [1.807, 2.05) is 0 Å². The van der Waals surface area contributed by atoms with Gasteiger partial charge >= 0.3 is 0 Å². The molecule has 0 spiro atoms. The number of amides is 1. The number of carbonyl (C=O) groups is 2. The Kier molecular flexibility index (Phi) is 7.17. The summed E-state index contributed by atoms with van der Waals surface area (Å²) in [5.74, 6) is -2.17. The maximum absolute atomic E-state index is 14.2. The number of Topliss-reactive ketones (excluding diaryl/α,β-unsaturated/α-hetero) is 1. The molecule has 0 aliphatic rings. The number of pyridine rings is 1. The fourth-order valence-electron chi connectivity index (χ4n) is 3.18. The highest BCUT2D eigenvalue weighted by Crippen LogP contribution is 2.36. The number of nitrogens with one attached hydrogen (secondary N) is 1. The number of halogens is 2. The van der Waals surface area contributed by atoms with Gasteiger partial charge < -0.3 is 14.6 Å². The number of ketones is 1. The van der Waals surface area contributed by atoms with Crippen LogP contribution in [0.3, 0.4) is 0 Å². The van der Waals surface area contributed by atoms with Crippen molar-refractivity contribution < 1.29 is 23.1 Å². The molecule has 1 heterocycles. The molecule has 1 amide bonds. The van der Waals surface area contributed by atoms with Gasteiger partial charge in [-0.25, -0.2) is 8.78 Å². The predicted molar refractivity (Wildman–Crippen MR) is 121 cm³/mol. The Morgan fingerprint density at radius 2 is 1.85 bits per heavy atom. The Hall–Kier alpha value is -4.07. The highest BCUT2D eigenvalue weighted by molar-refractivity contribution is 5.99. The smallest absolute Gasteiger partial charge is 0.253 e. The van der Waals surface area contributed by atoms with Crippen molar-refractivity contribution in [2.24, 2.45) is 7.05 Å². The van der Waals surface area contributed by atoms with E-state index in [0.29, 0.717) is 28.4 Å². The lowest BCUT2D eigenvalue weighted by Crippen LogP contribution is -2.22. The summed E-state index contributed by atoms with van der Waals surface area (Å²) in [6.07, 6.45) is 2.91. The van der Waals surface area contributed by atoms with Crippen molar-refractivity contribution in [1.82, 2.24) is 4.57 Å².